The molecule has 0 aromatic heterocycles. The highest BCUT2D eigenvalue weighted by Gasteiger charge is 2.40. The van der Waals surface area contributed by atoms with Gasteiger partial charge in [-0.1, -0.05) is 0 Å². The molecule has 1 atom stereocenters. The molecule has 0 aliphatic carbocycles. The van der Waals surface area contributed by atoms with Crippen molar-refractivity contribution >= 4 is 28.2 Å². The number of rotatable bonds is 1. The summed E-state index contributed by atoms with van der Waals surface area (Å²) >= 11 is 0. The van der Waals surface area contributed by atoms with Gasteiger partial charge in [0.2, 0.25) is 5.91 Å². The molecule has 1 amide bonds. The first-order valence-electron chi connectivity index (χ1n) is 5.22. The van der Waals surface area contributed by atoms with Gasteiger partial charge >= 0.3 is 0 Å². The Morgan fingerprint density at radius 2 is 2.00 bits per heavy atom. The summed E-state index contributed by atoms with van der Waals surface area (Å²) in [5.74, 6) is -0.349. The molecule has 1 aromatic carbocycles. The number of hydrogen-bond donors (Lipinski definition) is 1. The van der Waals surface area contributed by atoms with E-state index in [9.17, 15) is 13.8 Å². The predicted octanol–water partition coefficient (Wildman–Crippen LogP) is 1.73. The molecule has 4 nitrogen and oxygen atoms in total. The van der Waals surface area contributed by atoms with Crippen molar-refractivity contribution in [2.75, 3.05) is 5.32 Å². The van der Waals surface area contributed by atoms with Crippen LogP contribution in [0.5, 0.6) is 0 Å². The number of anilines is 1. The molecule has 0 saturated heterocycles. The van der Waals surface area contributed by atoms with Crippen LogP contribution in [-0.4, -0.2) is 20.6 Å². The maximum atomic E-state index is 12.3. The summed E-state index contributed by atoms with van der Waals surface area (Å²) in [6, 6.07) is 4.84. The van der Waals surface area contributed by atoms with Crippen LogP contribution in [0.2, 0.25) is 0 Å². The quantitative estimate of drug-likeness (QED) is 0.773. The van der Waals surface area contributed by atoms with E-state index in [-0.39, 0.29) is 11.7 Å². The van der Waals surface area contributed by atoms with E-state index < -0.39 is 15.5 Å². The van der Waals surface area contributed by atoms with Gasteiger partial charge < -0.3 is 5.32 Å². The van der Waals surface area contributed by atoms with Crippen molar-refractivity contribution in [3.05, 3.63) is 23.8 Å². The van der Waals surface area contributed by atoms with Crippen LogP contribution in [0.1, 0.15) is 31.1 Å². The van der Waals surface area contributed by atoms with E-state index >= 15 is 0 Å². The van der Waals surface area contributed by atoms with Gasteiger partial charge in [-0.25, -0.2) is 0 Å². The highest BCUT2D eigenvalue weighted by Crippen LogP contribution is 2.33. The Morgan fingerprint density at radius 1 is 1.35 bits per heavy atom. The van der Waals surface area contributed by atoms with E-state index in [1.807, 2.05) is 0 Å². The molecule has 0 spiro atoms. The third kappa shape index (κ3) is 1.80. The zero-order chi connectivity index (χ0) is 12.8. The van der Waals surface area contributed by atoms with Gasteiger partial charge in [0, 0.05) is 5.56 Å². The van der Waals surface area contributed by atoms with Crippen molar-refractivity contribution in [3.63, 3.8) is 0 Å². The molecule has 1 unspecified atom stereocenters. The van der Waals surface area contributed by atoms with Crippen molar-refractivity contribution in [2.45, 2.75) is 30.4 Å². The highest BCUT2D eigenvalue weighted by atomic mass is 32.2. The fourth-order valence-electron chi connectivity index (χ4n) is 1.63. The number of hydrogen-bond acceptors (Lipinski definition) is 3. The van der Waals surface area contributed by atoms with Crippen LogP contribution in [0.3, 0.4) is 0 Å². The minimum atomic E-state index is -1.45. The van der Waals surface area contributed by atoms with Crippen molar-refractivity contribution in [1.29, 1.82) is 0 Å². The van der Waals surface area contributed by atoms with Crippen molar-refractivity contribution < 1.29 is 13.8 Å². The van der Waals surface area contributed by atoms with Gasteiger partial charge in [-0.15, -0.1) is 0 Å². The topological polar surface area (TPSA) is 63.2 Å². The van der Waals surface area contributed by atoms with E-state index in [4.69, 9.17) is 0 Å². The number of Topliss-reactive ketones (excluding diaryl/α,β-unsaturated/α-hetero) is 1. The summed E-state index contributed by atoms with van der Waals surface area (Å²) in [7, 11) is -1.45. The molecule has 1 aromatic rings. The number of amides is 1. The maximum Gasteiger partial charge on any atom is 0.243 e. The Kier molecular flexibility index (Phi) is 2.66. The van der Waals surface area contributed by atoms with Crippen LogP contribution in [0, 0.1) is 0 Å². The summed E-state index contributed by atoms with van der Waals surface area (Å²) in [4.78, 5) is 23.5. The summed E-state index contributed by atoms with van der Waals surface area (Å²) in [5, 5.41) is 2.70. The molecule has 5 heteroatoms. The predicted molar refractivity (Wildman–Crippen MR) is 65.6 cm³/mol. The lowest BCUT2D eigenvalue weighted by Gasteiger charge is -2.29. The first-order valence-corrected chi connectivity index (χ1v) is 6.37. The average molecular weight is 251 g/mol. The molecule has 17 heavy (non-hydrogen) atoms. The largest absolute Gasteiger partial charge is 0.324 e. The molecule has 0 radical (unpaired) electrons. The molecule has 0 bridgehead atoms. The summed E-state index contributed by atoms with van der Waals surface area (Å²) in [6.45, 7) is 4.71. The van der Waals surface area contributed by atoms with Gasteiger partial charge in [-0.2, -0.15) is 0 Å². The van der Waals surface area contributed by atoms with Gasteiger partial charge in [-0.3, -0.25) is 13.8 Å². The van der Waals surface area contributed by atoms with Crippen LogP contribution in [0.25, 0.3) is 0 Å². The van der Waals surface area contributed by atoms with E-state index in [0.29, 0.717) is 16.1 Å². The lowest BCUT2D eigenvalue weighted by Crippen LogP contribution is -2.44. The second kappa shape index (κ2) is 3.77. The summed E-state index contributed by atoms with van der Waals surface area (Å²) < 4.78 is 11.3. The SMILES string of the molecule is CC(=O)c1ccc2c(c1)S(=O)C(C)(C)C(=O)N2. The normalized spacial score (nSPS) is 21.6. The first kappa shape index (κ1) is 12.0. The molecular weight excluding hydrogens is 238 g/mol. The molecule has 90 valence electrons. The number of benzene rings is 1. The van der Waals surface area contributed by atoms with Crippen molar-refractivity contribution in [1.82, 2.24) is 0 Å². The van der Waals surface area contributed by atoms with Gasteiger partial charge in [0.05, 0.1) is 21.4 Å². The van der Waals surface area contributed by atoms with Crippen molar-refractivity contribution in [3.8, 4) is 0 Å². The lowest BCUT2D eigenvalue weighted by molar-refractivity contribution is -0.117. The Labute approximate surface area is 102 Å². The Hall–Kier alpha value is -1.49. The van der Waals surface area contributed by atoms with Gasteiger partial charge in [-0.05, 0) is 39.0 Å². The second-order valence-corrected chi connectivity index (χ2v) is 6.50. The highest BCUT2D eigenvalue weighted by molar-refractivity contribution is 7.87. The lowest BCUT2D eigenvalue weighted by atomic mass is 10.1. The molecule has 1 aliphatic heterocycles. The molecular formula is C12H13NO3S. The first-order chi connectivity index (χ1) is 7.84. The minimum absolute atomic E-state index is 0.0838. The monoisotopic (exact) mass is 251 g/mol. The Balaban J connectivity index is 2.60. The van der Waals surface area contributed by atoms with Crippen molar-refractivity contribution in [2.24, 2.45) is 0 Å². The maximum absolute atomic E-state index is 12.3. The molecule has 0 saturated carbocycles. The number of nitrogens with one attached hydrogen (secondary N) is 1. The fourth-order valence-corrected chi connectivity index (χ4v) is 2.95. The van der Waals surface area contributed by atoms with Gasteiger partial charge in [0.1, 0.15) is 4.75 Å². The van der Waals surface area contributed by atoms with Crippen LogP contribution in [-0.2, 0) is 15.6 Å². The molecule has 1 heterocycles. The minimum Gasteiger partial charge on any atom is -0.324 e. The van der Waals surface area contributed by atoms with Crippen LogP contribution in [0.4, 0.5) is 5.69 Å². The smallest absolute Gasteiger partial charge is 0.243 e. The van der Waals surface area contributed by atoms with Crippen LogP contribution in [0.15, 0.2) is 23.1 Å². The Bertz CT molecular complexity index is 549. The Morgan fingerprint density at radius 3 is 2.59 bits per heavy atom. The molecule has 0 fully saturated rings. The zero-order valence-corrected chi connectivity index (χ0v) is 10.7. The molecule has 1 N–H and O–H groups in total. The second-order valence-electron chi connectivity index (χ2n) is 4.50. The summed E-state index contributed by atoms with van der Waals surface area (Å²) in [5.41, 5.74) is 1.03. The fraction of sp³-hybridized carbons (Fsp3) is 0.333. The zero-order valence-electron chi connectivity index (χ0n) is 9.87. The van der Waals surface area contributed by atoms with E-state index in [0.717, 1.165) is 0 Å². The average Bonchev–Trinajstić information content (AvgIpc) is 2.26. The number of ketones is 1. The number of fused-ring (bicyclic) bond motifs is 1. The van der Waals surface area contributed by atoms with E-state index in [2.05, 4.69) is 5.32 Å². The number of carbonyl (C=O) groups excluding carboxylic acids is 2. The van der Waals surface area contributed by atoms with Gasteiger partial charge in [0.25, 0.3) is 0 Å². The van der Waals surface area contributed by atoms with Crippen LogP contribution < -0.4 is 5.32 Å². The van der Waals surface area contributed by atoms with Crippen LogP contribution >= 0.6 is 0 Å². The van der Waals surface area contributed by atoms with Gasteiger partial charge in [0.15, 0.2) is 5.78 Å². The molecule has 1 aliphatic rings. The summed E-state index contributed by atoms with van der Waals surface area (Å²) in [6.07, 6.45) is 0. The molecule has 2 rings (SSSR count). The number of carbonyl (C=O) groups is 2. The third-order valence-electron chi connectivity index (χ3n) is 2.85. The standard InChI is InChI=1S/C12H13NO3S/c1-7(14)8-4-5-9-10(6-8)17(16)12(2,3)11(15)13-9/h4-6H,1-3H3,(H,13,15). The third-order valence-corrected chi connectivity index (χ3v) is 4.70. The van der Waals surface area contributed by atoms with E-state index in [1.165, 1.54) is 6.92 Å². The van der Waals surface area contributed by atoms with E-state index in [1.54, 1.807) is 32.0 Å².